The fourth-order valence-electron chi connectivity index (χ4n) is 7.71. The van der Waals surface area contributed by atoms with E-state index in [0.29, 0.717) is 19.3 Å². The predicted molar refractivity (Wildman–Crippen MR) is 281 cm³/mol. The first-order valence-corrected chi connectivity index (χ1v) is 29.6. The summed E-state index contributed by atoms with van der Waals surface area (Å²) in [5.41, 5.74) is 4.58. The van der Waals surface area contributed by atoms with E-state index in [1.54, 1.807) is 0 Å². The molecule has 73 heavy (non-hydrogen) atoms. The highest BCUT2D eigenvalue weighted by atomic mass is 31.3. The van der Waals surface area contributed by atoms with E-state index in [4.69, 9.17) is 29.0 Å². The molecule has 2 unspecified atom stereocenters. The Balaban J connectivity index is 1.81. The second-order valence-corrected chi connectivity index (χ2v) is 22.0. The molecule has 2 rings (SSSR count). The number of allylic oxidation sites excluding steroid dienone is 8. The summed E-state index contributed by atoms with van der Waals surface area (Å²) < 4.78 is 56.8. The van der Waals surface area contributed by atoms with Crippen molar-refractivity contribution < 1.29 is 71.4 Å². The van der Waals surface area contributed by atoms with Gasteiger partial charge in [0.15, 0.2) is 12.3 Å². The number of ether oxygens (including phenoxy) is 3. The van der Waals surface area contributed by atoms with Crippen LogP contribution >= 0.6 is 15.6 Å². The summed E-state index contributed by atoms with van der Waals surface area (Å²) in [6.07, 6.45) is 32.8. The van der Waals surface area contributed by atoms with Crippen LogP contribution in [0.2, 0.25) is 0 Å². The maximum absolute atomic E-state index is 12.9. The Labute approximate surface area is 433 Å². The molecule has 0 radical (unpaired) electrons. The number of phosphoric ester groups is 2. The van der Waals surface area contributed by atoms with Gasteiger partial charge >= 0.3 is 33.3 Å². The summed E-state index contributed by atoms with van der Waals surface area (Å²) in [6, 6.07) is 1.24. The van der Waals surface area contributed by atoms with E-state index in [0.717, 1.165) is 80.9 Å². The normalized spacial score (nSPS) is 19.8. The first-order valence-electron chi connectivity index (χ1n) is 26.6. The van der Waals surface area contributed by atoms with Crippen LogP contribution in [-0.4, -0.2) is 96.9 Å². The van der Waals surface area contributed by atoms with Crippen LogP contribution in [0.25, 0.3) is 0 Å². The average Bonchev–Trinajstić information content (AvgIpc) is 3.62. The monoisotopic (exact) mass is 1070 g/mol. The minimum atomic E-state index is -5.44. The topological polar surface area (TPSA) is 286 Å². The molecular weight excluding hydrogens is 985 g/mol. The van der Waals surface area contributed by atoms with Gasteiger partial charge in [-0.3, -0.25) is 23.2 Å². The van der Waals surface area contributed by atoms with Crippen LogP contribution in [0.1, 0.15) is 188 Å². The van der Waals surface area contributed by atoms with Gasteiger partial charge in [-0.25, -0.2) is 13.9 Å². The number of aliphatic hydroxyl groups excluding tert-OH is 3. The van der Waals surface area contributed by atoms with Crippen LogP contribution in [0.15, 0.2) is 65.7 Å². The Morgan fingerprint density at radius 1 is 0.726 bits per heavy atom. The largest absolute Gasteiger partial charge is 0.481 e. The number of anilines is 1. The highest BCUT2D eigenvalue weighted by molar-refractivity contribution is 7.61. The molecule has 19 nitrogen and oxygen atoms in total. The molecule has 1 aromatic heterocycles. The molecule has 0 amide bonds. The molecule has 7 N–H and O–H groups in total. The first-order chi connectivity index (χ1) is 34.9. The van der Waals surface area contributed by atoms with Gasteiger partial charge in [0.2, 0.25) is 0 Å². The molecule has 1 aliphatic heterocycles. The molecular formula is C52H89N3O16P2. The van der Waals surface area contributed by atoms with Crippen molar-refractivity contribution in [2.45, 2.75) is 218 Å². The van der Waals surface area contributed by atoms with Crippen molar-refractivity contribution in [1.29, 1.82) is 0 Å². The number of aromatic nitrogens is 2. The van der Waals surface area contributed by atoms with Gasteiger partial charge in [0, 0.05) is 19.0 Å². The van der Waals surface area contributed by atoms with Gasteiger partial charge in [-0.15, -0.1) is 0 Å². The fraction of sp³-hybridized carbons (Fsp3) is 0.731. The molecule has 418 valence electrons. The van der Waals surface area contributed by atoms with E-state index in [2.05, 4.69) is 59.6 Å². The summed E-state index contributed by atoms with van der Waals surface area (Å²) in [5, 5.41) is 30.5. The van der Waals surface area contributed by atoms with Crippen LogP contribution in [0, 0.1) is 5.92 Å². The van der Waals surface area contributed by atoms with Crippen LogP contribution < -0.4 is 11.4 Å². The van der Waals surface area contributed by atoms with Crippen molar-refractivity contribution in [1.82, 2.24) is 9.55 Å². The van der Waals surface area contributed by atoms with E-state index in [-0.39, 0.29) is 24.8 Å². The standard InChI is InChI=1S/C52H89N3O16P2/c1-4-43(56)34-30-26-22-18-14-10-6-8-11-15-19-23-27-31-35-47(57)66-39-44(69-48(58)36-32-28-24-20-16-12-7-5-9-13-17-21-25-29-33-42(2)3)40-67-72(62,63)71-73(64,65)68-41-45-49(59)50(60)51(70-45)55-38-37-46(53)54-52(55)61/h8,10-11,14,19,22-23,26,37-38,42-45,49-51,56,59-60H,4-7,9,12-13,15-18,20-21,24-25,27-36,39-41H2,1-3H3,(H,62,63)(H,64,65)(H2,53,54,61)/b11-8-,14-10-,23-19-,26-22-/t43-,44+,45+,49+,50+,51+/m0/s1. The van der Waals surface area contributed by atoms with Crippen molar-refractivity contribution in [3.05, 3.63) is 71.4 Å². The van der Waals surface area contributed by atoms with Gasteiger partial charge in [-0.1, -0.05) is 159 Å². The third kappa shape index (κ3) is 32.7. The molecule has 1 saturated heterocycles. The van der Waals surface area contributed by atoms with Crippen LogP contribution in [0.5, 0.6) is 0 Å². The van der Waals surface area contributed by atoms with Gasteiger partial charge in [-0.05, 0) is 69.8 Å². The number of phosphoric acid groups is 2. The minimum Gasteiger partial charge on any atom is -0.462 e. The van der Waals surface area contributed by atoms with E-state index in [9.17, 15) is 48.6 Å². The summed E-state index contributed by atoms with van der Waals surface area (Å²) in [6.45, 7) is 4.15. The molecule has 0 aliphatic carbocycles. The number of nitrogens with two attached hydrogens (primary N) is 1. The predicted octanol–water partition coefficient (Wildman–Crippen LogP) is 10.2. The first kappa shape index (κ1) is 65.8. The number of nitrogen functional groups attached to an aromatic ring is 1. The maximum Gasteiger partial charge on any atom is 0.481 e. The molecule has 0 aromatic carbocycles. The average molecular weight is 1070 g/mol. The highest BCUT2D eigenvalue weighted by Gasteiger charge is 2.46. The van der Waals surface area contributed by atoms with Crippen LogP contribution in [0.3, 0.4) is 0 Å². The zero-order valence-electron chi connectivity index (χ0n) is 43.7. The lowest BCUT2D eigenvalue weighted by atomic mass is 10.0. The summed E-state index contributed by atoms with van der Waals surface area (Å²) in [4.78, 5) is 62.0. The summed E-state index contributed by atoms with van der Waals surface area (Å²) >= 11 is 0. The quantitative estimate of drug-likeness (QED) is 0.0153. The zero-order valence-corrected chi connectivity index (χ0v) is 45.5. The Morgan fingerprint density at radius 3 is 1.81 bits per heavy atom. The number of aliphatic hydroxyl groups is 3. The number of hydrogen-bond donors (Lipinski definition) is 6. The lowest BCUT2D eigenvalue weighted by Crippen LogP contribution is -2.36. The number of unbranched alkanes of at least 4 members (excludes halogenated alkanes) is 14. The molecule has 2 heterocycles. The Morgan fingerprint density at radius 2 is 1.25 bits per heavy atom. The van der Waals surface area contributed by atoms with E-state index in [1.807, 2.05) is 19.1 Å². The fourth-order valence-corrected chi connectivity index (χ4v) is 9.82. The molecule has 21 heteroatoms. The van der Waals surface area contributed by atoms with E-state index < -0.39 is 83.7 Å². The zero-order chi connectivity index (χ0) is 53.7. The molecule has 1 aromatic rings. The molecule has 0 saturated carbocycles. The van der Waals surface area contributed by atoms with Gasteiger partial charge in [-0.2, -0.15) is 9.29 Å². The number of carbonyl (C=O) groups excluding carboxylic acids is 2. The minimum absolute atomic E-state index is 0.0329. The smallest absolute Gasteiger partial charge is 0.462 e. The van der Waals surface area contributed by atoms with Crippen molar-refractivity contribution in [3.8, 4) is 0 Å². The van der Waals surface area contributed by atoms with Crippen molar-refractivity contribution >= 4 is 33.4 Å². The third-order valence-electron chi connectivity index (χ3n) is 12.0. The summed E-state index contributed by atoms with van der Waals surface area (Å²) in [5.74, 6) is -0.593. The van der Waals surface area contributed by atoms with Crippen LogP contribution in [-0.2, 0) is 46.3 Å². The van der Waals surface area contributed by atoms with Crippen LogP contribution in [0.4, 0.5) is 5.82 Å². The Hall–Kier alpha value is -3.32. The number of nitrogens with zero attached hydrogens (tertiary/aromatic N) is 2. The van der Waals surface area contributed by atoms with Gasteiger partial charge in [0.1, 0.15) is 30.7 Å². The van der Waals surface area contributed by atoms with Crippen molar-refractivity contribution in [2.75, 3.05) is 25.6 Å². The lowest BCUT2D eigenvalue weighted by Gasteiger charge is -2.21. The Bertz CT molecular complexity index is 1940. The lowest BCUT2D eigenvalue weighted by molar-refractivity contribution is -0.161. The van der Waals surface area contributed by atoms with Gasteiger partial charge in [0.25, 0.3) is 0 Å². The molecule has 0 spiro atoms. The number of hydrogen-bond acceptors (Lipinski definition) is 16. The third-order valence-corrected chi connectivity index (χ3v) is 14.6. The summed E-state index contributed by atoms with van der Waals surface area (Å²) in [7, 11) is -10.9. The van der Waals surface area contributed by atoms with Gasteiger partial charge < -0.3 is 45.1 Å². The SMILES string of the molecule is CC[C@H](O)CC/C=C\C/C=C\C/C=C\C/C=C\CCCC(=O)OC[C@H](COP(=O)(O)OP(=O)(O)OC[C@H]1O[C@@H](n2ccc(N)nc2=O)[C@H](O)[C@@H]1O)OC(=O)CCCCCCCCCCCCCCCCC(C)C. The number of esters is 2. The van der Waals surface area contributed by atoms with Gasteiger partial charge in [0.05, 0.1) is 19.3 Å². The molecule has 1 aliphatic rings. The maximum atomic E-state index is 12.9. The second kappa shape index (κ2) is 39.1. The molecule has 1 fully saturated rings. The van der Waals surface area contributed by atoms with Crippen molar-refractivity contribution in [3.63, 3.8) is 0 Å². The molecule has 8 atom stereocenters. The van der Waals surface area contributed by atoms with E-state index in [1.165, 1.54) is 70.3 Å². The van der Waals surface area contributed by atoms with E-state index >= 15 is 0 Å². The number of carbonyl (C=O) groups is 2. The highest BCUT2D eigenvalue weighted by Crippen LogP contribution is 2.60. The van der Waals surface area contributed by atoms with Crippen molar-refractivity contribution in [2.24, 2.45) is 5.92 Å². The number of rotatable bonds is 43. The second-order valence-electron chi connectivity index (χ2n) is 19.0. The Kier molecular flexibility index (Phi) is 35.3. The molecule has 0 bridgehead atoms.